The van der Waals surface area contributed by atoms with Gasteiger partial charge >= 0.3 is 6.61 Å². The van der Waals surface area contributed by atoms with Gasteiger partial charge in [-0.15, -0.1) is 11.3 Å². The molecule has 1 aromatic heterocycles. The lowest BCUT2D eigenvalue weighted by molar-refractivity contribution is -0.117. The quantitative estimate of drug-likeness (QED) is 0.801. The van der Waals surface area contributed by atoms with Crippen LogP contribution in [0, 0.1) is 0 Å². The first-order valence-electron chi connectivity index (χ1n) is 8.40. The van der Waals surface area contributed by atoms with Crippen LogP contribution in [0.25, 0.3) is 0 Å². The zero-order chi connectivity index (χ0) is 18.4. The van der Waals surface area contributed by atoms with Crippen LogP contribution in [-0.4, -0.2) is 55.0 Å². The number of nitrogens with zero attached hydrogens (tertiary/aromatic N) is 2. The summed E-state index contributed by atoms with van der Waals surface area (Å²) < 4.78 is 28.5. The first-order valence-corrected chi connectivity index (χ1v) is 9.28. The van der Waals surface area contributed by atoms with Crippen molar-refractivity contribution in [3.8, 4) is 5.75 Å². The van der Waals surface area contributed by atoms with Crippen LogP contribution in [-0.2, 0) is 11.3 Å². The lowest BCUT2D eigenvalue weighted by Gasteiger charge is -2.34. The molecule has 26 heavy (non-hydrogen) atoms. The van der Waals surface area contributed by atoms with E-state index in [1.807, 2.05) is 0 Å². The standard InChI is InChI=1S/C18H21F2N3O2S/c19-18(20)25-15-5-3-14(4-6-15)21-17(24)13-23-9-7-22(8-10-23)12-16-2-1-11-26-16/h1-6,11,18H,7-10,12-13H2,(H,21,24). The van der Waals surface area contributed by atoms with E-state index < -0.39 is 6.61 Å². The Labute approximate surface area is 155 Å². The molecule has 2 heterocycles. The molecule has 0 saturated carbocycles. The second kappa shape index (κ2) is 9.07. The maximum atomic E-state index is 12.2. The molecule has 1 fully saturated rings. The molecule has 2 aromatic rings. The van der Waals surface area contributed by atoms with Gasteiger partial charge in [0.25, 0.3) is 0 Å². The van der Waals surface area contributed by atoms with Gasteiger partial charge in [-0.25, -0.2) is 0 Å². The topological polar surface area (TPSA) is 44.8 Å². The summed E-state index contributed by atoms with van der Waals surface area (Å²) in [6, 6.07) is 10.1. The minimum absolute atomic E-state index is 0.0693. The van der Waals surface area contributed by atoms with Crippen molar-refractivity contribution in [2.75, 3.05) is 38.0 Å². The van der Waals surface area contributed by atoms with E-state index in [0.717, 1.165) is 32.7 Å². The molecule has 1 aliphatic rings. The van der Waals surface area contributed by atoms with Crippen molar-refractivity contribution in [3.05, 3.63) is 46.7 Å². The summed E-state index contributed by atoms with van der Waals surface area (Å²) in [5.74, 6) is -0.0425. The lowest BCUT2D eigenvalue weighted by atomic mass is 10.2. The predicted octanol–water partition coefficient (Wildman–Crippen LogP) is 3.11. The molecule has 0 unspecified atom stereocenters. The van der Waals surface area contributed by atoms with Crippen LogP contribution in [0.2, 0.25) is 0 Å². The summed E-state index contributed by atoms with van der Waals surface area (Å²) in [5, 5.41) is 4.87. The van der Waals surface area contributed by atoms with E-state index >= 15 is 0 Å². The number of halogens is 2. The monoisotopic (exact) mass is 381 g/mol. The van der Waals surface area contributed by atoms with Gasteiger partial charge in [0.1, 0.15) is 5.75 Å². The number of benzene rings is 1. The molecule has 8 heteroatoms. The van der Waals surface area contributed by atoms with Gasteiger partial charge in [-0.1, -0.05) is 6.07 Å². The molecular weight excluding hydrogens is 360 g/mol. The van der Waals surface area contributed by atoms with Crippen molar-refractivity contribution in [2.45, 2.75) is 13.2 Å². The summed E-state index contributed by atoms with van der Waals surface area (Å²) >= 11 is 1.76. The normalized spacial score (nSPS) is 16.0. The molecule has 0 radical (unpaired) electrons. The Balaban J connectivity index is 1.40. The number of amides is 1. The van der Waals surface area contributed by atoms with E-state index in [0.29, 0.717) is 12.2 Å². The third-order valence-corrected chi connectivity index (χ3v) is 5.02. The molecule has 1 saturated heterocycles. The number of nitrogens with one attached hydrogen (secondary N) is 1. The second-order valence-electron chi connectivity index (χ2n) is 6.08. The number of piperazine rings is 1. The molecule has 1 N–H and O–H groups in total. The van der Waals surface area contributed by atoms with Gasteiger partial charge in [0.05, 0.1) is 6.54 Å². The van der Waals surface area contributed by atoms with E-state index in [1.54, 1.807) is 23.5 Å². The predicted molar refractivity (Wildman–Crippen MR) is 97.7 cm³/mol. The largest absolute Gasteiger partial charge is 0.435 e. The number of ether oxygens (including phenoxy) is 1. The maximum absolute atomic E-state index is 12.2. The Bertz CT molecular complexity index is 687. The van der Waals surface area contributed by atoms with Crippen LogP contribution in [0.3, 0.4) is 0 Å². The average Bonchev–Trinajstić information content (AvgIpc) is 3.11. The van der Waals surface area contributed by atoms with Gasteiger partial charge in [0.15, 0.2) is 0 Å². The molecule has 140 valence electrons. The van der Waals surface area contributed by atoms with E-state index in [9.17, 15) is 13.6 Å². The molecular formula is C18H21F2N3O2S. The zero-order valence-electron chi connectivity index (χ0n) is 14.2. The minimum Gasteiger partial charge on any atom is -0.435 e. The molecule has 1 amide bonds. The van der Waals surface area contributed by atoms with Crippen LogP contribution < -0.4 is 10.1 Å². The second-order valence-corrected chi connectivity index (χ2v) is 7.11. The summed E-state index contributed by atoms with van der Waals surface area (Å²) in [4.78, 5) is 18.0. The number of hydrogen-bond donors (Lipinski definition) is 1. The highest BCUT2D eigenvalue weighted by atomic mass is 32.1. The molecule has 5 nitrogen and oxygen atoms in total. The van der Waals surface area contributed by atoms with Crippen LogP contribution in [0.5, 0.6) is 5.75 Å². The van der Waals surface area contributed by atoms with Gasteiger partial charge < -0.3 is 10.1 Å². The number of thiophene rings is 1. The first-order chi connectivity index (χ1) is 12.6. The average molecular weight is 381 g/mol. The summed E-state index contributed by atoms with van der Waals surface area (Å²) in [7, 11) is 0. The third-order valence-electron chi connectivity index (χ3n) is 4.15. The Hall–Kier alpha value is -2.03. The van der Waals surface area contributed by atoms with E-state index in [2.05, 4.69) is 37.4 Å². The maximum Gasteiger partial charge on any atom is 0.387 e. The Morgan fingerprint density at radius 2 is 1.81 bits per heavy atom. The van der Waals surface area contributed by atoms with Crippen molar-refractivity contribution in [1.29, 1.82) is 0 Å². The fraction of sp³-hybridized carbons (Fsp3) is 0.389. The molecule has 0 bridgehead atoms. The van der Waals surface area contributed by atoms with Gasteiger partial charge in [0.2, 0.25) is 5.91 Å². The summed E-state index contributed by atoms with van der Waals surface area (Å²) in [6.45, 7) is 2.00. The molecule has 1 aliphatic heterocycles. The van der Waals surface area contributed by atoms with Crippen LogP contribution in [0.15, 0.2) is 41.8 Å². The van der Waals surface area contributed by atoms with E-state index in [4.69, 9.17) is 0 Å². The van der Waals surface area contributed by atoms with Crippen molar-refractivity contribution in [1.82, 2.24) is 9.80 Å². The zero-order valence-corrected chi connectivity index (χ0v) is 15.1. The van der Waals surface area contributed by atoms with Crippen LogP contribution >= 0.6 is 11.3 Å². The van der Waals surface area contributed by atoms with Crippen LogP contribution in [0.4, 0.5) is 14.5 Å². The highest BCUT2D eigenvalue weighted by Crippen LogP contribution is 2.18. The minimum atomic E-state index is -2.85. The van der Waals surface area contributed by atoms with Crippen molar-refractivity contribution >= 4 is 22.9 Å². The fourth-order valence-corrected chi connectivity index (χ4v) is 3.60. The SMILES string of the molecule is O=C(CN1CCN(Cc2cccs2)CC1)Nc1ccc(OC(F)F)cc1. The van der Waals surface area contributed by atoms with E-state index in [1.165, 1.54) is 17.0 Å². The van der Waals surface area contributed by atoms with Gasteiger partial charge in [-0.2, -0.15) is 8.78 Å². The summed E-state index contributed by atoms with van der Waals surface area (Å²) in [5.41, 5.74) is 0.563. The molecule has 0 atom stereocenters. The number of carbonyl (C=O) groups excluding carboxylic acids is 1. The molecule has 3 rings (SSSR count). The van der Waals surface area contributed by atoms with Crippen molar-refractivity contribution < 1.29 is 18.3 Å². The fourth-order valence-electron chi connectivity index (χ4n) is 2.85. The highest BCUT2D eigenvalue weighted by molar-refractivity contribution is 7.09. The number of anilines is 1. The third kappa shape index (κ3) is 5.76. The number of alkyl halides is 2. The van der Waals surface area contributed by atoms with E-state index in [-0.39, 0.29) is 11.7 Å². The smallest absolute Gasteiger partial charge is 0.387 e. The molecule has 0 aliphatic carbocycles. The lowest BCUT2D eigenvalue weighted by Crippen LogP contribution is -2.48. The van der Waals surface area contributed by atoms with Gasteiger partial charge in [-0.3, -0.25) is 14.6 Å². The first kappa shape index (κ1) is 18.8. The Kier molecular flexibility index (Phi) is 6.54. The van der Waals surface area contributed by atoms with Crippen molar-refractivity contribution in [2.24, 2.45) is 0 Å². The van der Waals surface area contributed by atoms with Gasteiger partial charge in [-0.05, 0) is 35.7 Å². The Morgan fingerprint density at radius 3 is 2.42 bits per heavy atom. The Morgan fingerprint density at radius 1 is 1.12 bits per heavy atom. The van der Waals surface area contributed by atoms with Gasteiger partial charge in [0, 0.05) is 43.3 Å². The summed E-state index contributed by atoms with van der Waals surface area (Å²) in [6.07, 6.45) is 0. The van der Waals surface area contributed by atoms with Crippen LogP contribution in [0.1, 0.15) is 4.88 Å². The highest BCUT2D eigenvalue weighted by Gasteiger charge is 2.19. The molecule has 0 spiro atoms. The number of rotatable bonds is 7. The molecule has 1 aromatic carbocycles. The van der Waals surface area contributed by atoms with Crippen molar-refractivity contribution in [3.63, 3.8) is 0 Å². The number of hydrogen-bond acceptors (Lipinski definition) is 5. The number of carbonyl (C=O) groups is 1.